The van der Waals surface area contributed by atoms with Crippen LogP contribution in [-0.2, 0) is 17.8 Å². The summed E-state index contributed by atoms with van der Waals surface area (Å²) in [7, 11) is 0. The number of amides is 2. The van der Waals surface area contributed by atoms with E-state index in [2.05, 4.69) is 18.4 Å². The Kier molecular flexibility index (Phi) is 6.90. The summed E-state index contributed by atoms with van der Waals surface area (Å²) >= 11 is 6.79. The zero-order valence-electron chi connectivity index (χ0n) is 21.4. The molecule has 1 N–H and O–H groups in total. The van der Waals surface area contributed by atoms with Crippen LogP contribution in [-0.4, -0.2) is 68.1 Å². The van der Waals surface area contributed by atoms with Gasteiger partial charge >= 0.3 is 0 Å². The Labute approximate surface area is 218 Å². The van der Waals surface area contributed by atoms with Gasteiger partial charge in [0, 0.05) is 50.3 Å². The lowest BCUT2D eigenvalue weighted by Crippen LogP contribution is -2.53. The van der Waals surface area contributed by atoms with Crippen molar-refractivity contribution in [3.05, 3.63) is 40.8 Å². The molecule has 7 nitrogen and oxygen atoms in total. The number of carbonyl (C=O) groups is 2. The smallest absolute Gasteiger partial charge is 0.254 e. The molecule has 1 aromatic heterocycles. The molecule has 2 aromatic rings. The minimum atomic E-state index is -1.15. The standard InChI is InChI=1S/C28H37ClN4O3/c1-3-5-10-27(4-2)13-14-33-22(19-27)30-23(24(33)29)20-6-8-21(9-7-20)25(34)31-15-17-32(18-16-31)26(35)28(36)11-12-28/h6-9,36H,3-5,10-19H2,1-2H3. The first-order valence-electron chi connectivity index (χ1n) is 13.5. The van der Waals surface area contributed by atoms with E-state index in [9.17, 15) is 14.7 Å². The Balaban J connectivity index is 1.25. The van der Waals surface area contributed by atoms with Crippen LogP contribution in [0.2, 0.25) is 5.15 Å². The second-order valence-electron chi connectivity index (χ2n) is 10.9. The lowest BCUT2D eigenvalue weighted by molar-refractivity contribution is -0.143. The summed E-state index contributed by atoms with van der Waals surface area (Å²) < 4.78 is 2.16. The van der Waals surface area contributed by atoms with Crippen LogP contribution in [0.4, 0.5) is 0 Å². The fraction of sp³-hybridized carbons (Fsp3) is 0.607. The molecule has 2 aliphatic heterocycles. The molecule has 1 saturated carbocycles. The van der Waals surface area contributed by atoms with Crippen molar-refractivity contribution in [2.45, 2.75) is 77.4 Å². The molecule has 36 heavy (non-hydrogen) atoms. The lowest BCUT2D eigenvalue weighted by atomic mass is 9.73. The number of hydrogen-bond acceptors (Lipinski definition) is 4. The molecular formula is C28H37ClN4O3. The van der Waals surface area contributed by atoms with Gasteiger partial charge in [-0.3, -0.25) is 9.59 Å². The van der Waals surface area contributed by atoms with E-state index in [1.165, 1.54) is 19.3 Å². The molecular weight excluding hydrogens is 476 g/mol. The highest BCUT2D eigenvalue weighted by Crippen LogP contribution is 2.43. The van der Waals surface area contributed by atoms with E-state index in [0.29, 0.717) is 55.2 Å². The van der Waals surface area contributed by atoms with E-state index in [0.717, 1.165) is 42.9 Å². The third-order valence-corrected chi connectivity index (χ3v) is 8.96. The fourth-order valence-electron chi connectivity index (χ4n) is 5.73. The fourth-order valence-corrected chi connectivity index (χ4v) is 6.06. The summed E-state index contributed by atoms with van der Waals surface area (Å²) in [6, 6.07) is 7.54. The highest BCUT2D eigenvalue weighted by atomic mass is 35.5. The van der Waals surface area contributed by atoms with Crippen LogP contribution in [0.1, 0.15) is 75.0 Å². The van der Waals surface area contributed by atoms with Crippen LogP contribution in [0.5, 0.6) is 0 Å². The third kappa shape index (κ3) is 4.68. The van der Waals surface area contributed by atoms with Crippen LogP contribution >= 0.6 is 11.6 Å². The number of fused-ring (bicyclic) bond motifs is 1. The zero-order chi connectivity index (χ0) is 25.5. The van der Waals surface area contributed by atoms with Gasteiger partial charge in [0.1, 0.15) is 22.3 Å². The number of carbonyl (C=O) groups excluding carboxylic acids is 2. The number of aromatic nitrogens is 2. The van der Waals surface area contributed by atoms with Crippen molar-refractivity contribution >= 4 is 23.4 Å². The second-order valence-corrected chi connectivity index (χ2v) is 11.3. The average molecular weight is 513 g/mol. The lowest BCUT2D eigenvalue weighted by Gasteiger charge is -2.37. The topological polar surface area (TPSA) is 78.7 Å². The average Bonchev–Trinajstić information content (AvgIpc) is 3.59. The van der Waals surface area contributed by atoms with Crippen molar-refractivity contribution in [1.29, 1.82) is 0 Å². The van der Waals surface area contributed by atoms with Crippen LogP contribution in [0.3, 0.4) is 0 Å². The van der Waals surface area contributed by atoms with E-state index in [4.69, 9.17) is 16.6 Å². The molecule has 5 rings (SSSR count). The molecule has 1 saturated heterocycles. The number of aliphatic hydroxyl groups is 1. The van der Waals surface area contributed by atoms with Crippen molar-refractivity contribution < 1.29 is 14.7 Å². The largest absolute Gasteiger partial charge is 0.380 e. The molecule has 194 valence electrons. The van der Waals surface area contributed by atoms with E-state index in [-0.39, 0.29) is 11.8 Å². The predicted molar refractivity (Wildman–Crippen MR) is 140 cm³/mol. The monoisotopic (exact) mass is 512 g/mol. The van der Waals surface area contributed by atoms with Gasteiger partial charge in [-0.05, 0) is 49.7 Å². The molecule has 1 unspecified atom stereocenters. The number of hydrogen-bond donors (Lipinski definition) is 1. The molecule has 3 aliphatic rings. The van der Waals surface area contributed by atoms with Gasteiger partial charge in [-0.1, -0.05) is 50.4 Å². The molecule has 1 aliphatic carbocycles. The van der Waals surface area contributed by atoms with E-state index < -0.39 is 5.60 Å². The molecule has 2 amide bonds. The highest BCUT2D eigenvalue weighted by molar-refractivity contribution is 6.32. The van der Waals surface area contributed by atoms with Gasteiger partial charge < -0.3 is 19.5 Å². The zero-order valence-corrected chi connectivity index (χ0v) is 22.2. The van der Waals surface area contributed by atoms with E-state index in [1.807, 2.05) is 24.3 Å². The van der Waals surface area contributed by atoms with Gasteiger partial charge in [0.15, 0.2) is 0 Å². The Morgan fingerprint density at radius 1 is 1.00 bits per heavy atom. The molecule has 0 radical (unpaired) electrons. The number of nitrogens with zero attached hydrogens (tertiary/aromatic N) is 4. The number of unbranched alkanes of at least 4 members (excludes halogenated alkanes) is 1. The van der Waals surface area contributed by atoms with Crippen molar-refractivity contribution in [3.63, 3.8) is 0 Å². The predicted octanol–water partition coefficient (Wildman–Crippen LogP) is 4.55. The summed E-state index contributed by atoms with van der Waals surface area (Å²) in [5, 5.41) is 10.8. The Hall–Kier alpha value is -2.38. The molecule has 3 heterocycles. The van der Waals surface area contributed by atoms with Crippen molar-refractivity contribution in [2.75, 3.05) is 26.2 Å². The van der Waals surface area contributed by atoms with Gasteiger partial charge in [-0.2, -0.15) is 0 Å². The number of benzene rings is 1. The highest BCUT2D eigenvalue weighted by Gasteiger charge is 2.50. The first kappa shape index (κ1) is 25.3. The maximum absolute atomic E-state index is 13.1. The minimum absolute atomic E-state index is 0.0438. The molecule has 2 fully saturated rings. The van der Waals surface area contributed by atoms with Gasteiger partial charge in [0.05, 0.1) is 0 Å². The Morgan fingerprint density at radius 3 is 2.28 bits per heavy atom. The van der Waals surface area contributed by atoms with Crippen molar-refractivity contribution in [3.8, 4) is 11.3 Å². The molecule has 8 heteroatoms. The number of piperazine rings is 1. The van der Waals surface area contributed by atoms with Gasteiger partial charge in [-0.25, -0.2) is 4.98 Å². The van der Waals surface area contributed by atoms with Crippen LogP contribution in [0.25, 0.3) is 11.3 Å². The van der Waals surface area contributed by atoms with Gasteiger partial charge in [0.2, 0.25) is 0 Å². The van der Waals surface area contributed by atoms with E-state index >= 15 is 0 Å². The summed E-state index contributed by atoms with van der Waals surface area (Å²) in [6.45, 7) is 7.30. The van der Waals surface area contributed by atoms with Gasteiger partial charge in [-0.15, -0.1) is 0 Å². The quantitative estimate of drug-likeness (QED) is 0.590. The maximum Gasteiger partial charge on any atom is 0.254 e. The first-order valence-corrected chi connectivity index (χ1v) is 13.8. The number of imidazole rings is 1. The summed E-state index contributed by atoms with van der Waals surface area (Å²) in [5.41, 5.74) is 1.49. The first-order chi connectivity index (χ1) is 17.3. The molecule has 1 aromatic carbocycles. The minimum Gasteiger partial charge on any atom is -0.380 e. The molecule has 0 spiro atoms. The summed E-state index contributed by atoms with van der Waals surface area (Å²) in [5.74, 6) is 0.834. The second kappa shape index (κ2) is 9.82. The third-order valence-electron chi connectivity index (χ3n) is 8.58. The number of rotatable bonds is 7. The van der Waals surface area contributed by atoms with Crippen molar-refractivity contribution in [2.24, 2.45) is 5.41 Å². The Bertz CT molecular complexity index is 1130. The van der Waals surface area contributed by atoms with Crippen LogP contribution in [0.15, 0.2) is 24.3 Å². The van der Waals surface area contributed by atoms with Crippen LogP contribution in [0, 0.1) is 5.41 Å². The van der Waals surface area contributed by atoms with Crippen molar-refractivity contribution in [1.82, 2.24) is 19.4 Å². The Morgan fingerprint density at radius 2 is 1.67 bits per heavy atom. The van der Waals surface area contributed by atoms with Crippen LogP contribution < -0.4 is 0 Å². The maximum atomic E-state index is 13.1. The van der Waals surface area contributed by atoms with E-state index in [1.54, 1.807) is 9.80 Å². The SMILES string of the molecule is CCCCC1(CC)CCn2c(nc(-c3ccc(C(=O)N4CCN(C(=O)C5(O)CC5)CC4)cc3)c2Cl)C1. The summed E-state index contributed by atoms with van der Waals surface area (Å²) in [6.07, 6.45) is 8.04. The van der Waals surface area contributed by atoms with Gasteiger partial charge in [0.25, 0.3) is 11.8 Å². The summed E-state index contributed by atoms with van der Waals surface area (Å²) in [4.78, 5) is 33.9. The normalized spacial score (nSPS) is 22.9. The molecule has 0 bridgehead atoms. The molecule has 1 atom stereocenters. The number of halogens is 1.